The number of aromatic nitrogens is 1. The second-order valence-corrected chi connectivity index (χ2v) is 1.46. The second-order valence-electron chi connectivity index (χ2n) is 1.46. The highest BCUT2D eigenvalue weighted by molar-refractivity contribution is 5.72. The number of carbonyl (C=O) groups excluding carboxylic acids is 1. The van der Waals surface area contributed by atoms with Crippen LogP contribution in [0.15, 0.2) is 18.3 Å². The first-order chi connectivity index (χ1) is 4.84. The highest BCUT2D eigenvalue weighted by Crippen LogP contribution is 1.90. The Morgan fingerprint density at radius 1 is 1.60 bits per heavy atom. The van der Waals surface area contributed by atoms with Gasteiger partial charge in [0.25, 0.3) is 0 Å². The summed E-state index contributed by atoms with van der Waals surface area (Å²) >= 11 is 0. The van der Waals surface area contributed by atoms with Crippen molar-refractivity contribution >= 4 is 6.29 Å². The van der Waals surface area contributed by atoms with Gasteiger partial charge in [-0.25, -0.2) is 0 Å². The van der Waals surface area contributed by atoms with E-state index in [2.05, 4.69) is 5.73 Å². The van der Waals surface area contributed by atoms with Crippen LogP contribution in [0.5, 0.6) is 0 Å². The molecule has 0 aliphatic rings. The monoisotopic (exact) mass is 141 g/mol. The van der Waals surface area contributed by atoms with Crippen LogP contribution in [0.3, 0.4) is 0 Å². The molecule has 0 aliphatic carbocycles. The molecule has 0 bridgehead atoms. The molecular formula is C6H11N3O. The fourth-order valence-corrected chi connectivity index (χ4v) is 0.507. The molecule has 0 spiro atoms. The molecule has 1 aromatic rings. The van der Waals surface area contributed by atoms with Gasteiger partial charge in [-0.1, -0.05) is 0 Å². The van der Waals surface area contributed by atoms with E-state index in [1.807, 2.05) is 0 Å². The molecule has 0 amide bonds. The van der Waals surface area contributed by atoms with Crippen LogP contribution in [-0.2, 0) is 0 Å². The Kier molecular flexibility index (Phi) is 3.99. The lowest BCUT2D eigenvalue weighted by molar-refractivity contribution is 0.111. The SMILES string of the molecule is CN.Nn1cccc1C=O. The van der Waals surface area contributed by atoms with E-state index in [9.17, 15) is 4.79 Å². The molecule has 0 aliphatic heterocycles. The molecule has 0 unspecified atom stereocenters. The minimum atomic E-state index is 0.491. The summed E-state index contributed by atoms with van der Waals surface area (Å²) in [6, 6.07) is 3.36. The number of aldehydes is 1. The Hall–Kier alpha value is -1.29. The van der Waals surface area contributed by atoms with E-state index in [0.29, 0.717) is 12.0 Å². The third-order valence-corrected chi connectivity index (χ3v) is 0.933. The zero-order valence-electron chi connectivity index (χ0n) is 5.82. The summed E-state index contributed by atoms with van der Waals surface area (Å²) in [7, 11) is 1.50. The lowest BCUT2D eigenvalue weighted by atomic mass is 10.5. The predicted molar refractivity (Wildman–Crippen MR) is 40.1 cm³/mol. The van der Waals surface area contributed by atoms with Crippen molar-refractivity contribution < 1.29 is 4.79 Å². The largest absolute Gasteiger partial charge is 0.339 e. The average molecular weight is 141 g/mol. The van der Waals surface area contributed by atoms with Crippen molar-refractivity contribution in [2.24, 2.45) is 5.73 Å². The van der Waals surface area contributed by atoms with Crippen LogP contribution in [0.1, 0.15) is 10.5 Å². The molecule has 0 saturated heterocycles. The van der Waals surface area contributed by atoms with Crippen LogP contribution in [0, 0.1) is 0 Å². The van der Waals surface area contributed by atoms with E-state index in [-0.39, 0.29) is 0 Å². The molecule has 0 aromatic carbocycles. The molecule has 0 saturated carbocycles. The third-order valence-electron chi connectivity index (χ3n) is 0.933. The Morgan fingerprint density at radius 2 is 2.20 bits per heavy atom. The van der Waals surface area contributed by atoms with Gasteiger partial charge in [-0.3, -0.25) is 9.47 Å². The van der Waals surface area contributed by atoms with Gasteiger partial charge in [0, 0.05) is 6.20 Å². The third kappa shape index (κ3) is 1.91. The molecule has 0 atom stereocenters. The van der Waals surface area contributed by atoms with Crippen molar-refractivity contribution in [3.8, 4) is 0 Å². The minimum Gasteiger partial charge on any atom is -0.339 e. The average Bonchev–Trinajstić information content (AvgIpc) is 2.39. The molecule has 1 rings (SSSR count). The number of hydrogen-bond acceptors (Lipinski definition) is 3. The Bertz CT molecular complexity index is 195. The summed E-state index contributed by atoms with van der Waals surface area (Å²) < 4.78 is 1.27. The Labute approximate surface area is 59.4 Å². The van der Waals surface area contributed by atoms with Gasteiger partial charge in [-0.05, 0) is 19.2 Å². The molecule has 4 nitrogen and oxygen atoms in total. The lowest BCUT2D eigenvalue weighted by Gasteiger charge is -1.89. The van der Waals surface area contributed by atoms with E-state index in [1.54, 1.807) is 18.3 Å². The summed E-state index contributed by atoms with van der Waals surface area (Å²) in [5.41, 5.74) is 4.99. The maximum Gasteiger partial charge on any atom is 0.168 e. The van der Waals surface area contributed by atoms with Gasteiger partial charge in [0.1, 0.15) is 5.69 Å². The normalized spacial score (nSPS) is 7.80. The van der Waals surface area contributed by atoms with Crippen LogP contribution in [-0.4, -0.2) is 18.0 Å². The highest BCUT2D eigenvalue weighted by Gasteiger charge is 1.89. The van der Waals surface area contributed by atoms with Gasteiger partial charge >= 0.3 is 0 Å². The van der Waals surface area contributed by atoms with Gasteiger partial charge in [0.15, 0.2) is 6.29 Å². The molecule has 10 heavy (non-hydrogen) atoms. The smallest absolute Gasteiger partial charge is 0.168 e. The zero-order valence-corrected chi connectivity index (χ0v) is 5.82. The van der Waals surface area contributed by atoms with Gasteiger partial charge in [-0.2, -0.15) is 0 Å². The topological polar surface area (TPSA) is 74.0 Å². The highest BCUT2D eigenvalue weighted by atomic mass is 16.1. The fraction of sp³-hybridized carbons (Fsp3) is 0.167. The molecule has 0 radical (unpaired) electrons. The molecular weight excluding hydrogens is 130 g/mol. The number of nitrogen functional groups attached to an aromatic ring is 1. The van der Waals surface area contributed by atoms with Crippen molar-refractivity contribution in [1.29, 1.82) is 0 Å². The predicted octanol–water partition coefficient (Wildman–Crippen LogP) is -0.411. The van der Waals surface area contributed by atoms with Crippen molar-refractivity contribution in [3.05, 3.63) is 24.0 Å². The summed E-state index contributed by atoms with van der Waals surface area (Å²) in [4.78, 5) is 9.99. The second kappa shape index (κ2) is 4.58. The fourth-order valence-electron chi connectivity index (χ4n) is 0.507. The first-order valence-corrected chi connectivity index (χ1v) is 2.80. The van der Waals surface area contributed by atoms with E-state index >= 15 is 0 Å². The van der Waals surface area contributed by atoms with Crippen LogP contribution in [0.4, 0.5) is 0 Å². The molecule has 4 heteroatoms. The summed E-state index contributed by atoms with van der Waals surface area (Å²) in [5, 5.41) is 0. The van der Waals surface area contributed by atoms with Crippen molar-refractivity contribution in [2.45, 2.75) is 0 Å². The van der Waals surface area contributed by atoms with E-state index in [1.165, 1.54) is 11.7 Å². The number of nitrogens with two attached hydrogens (primary N) is 2. The summed E-state index contributed by atoms with van der Waals surface area (Å²) in [6.45, 7) is 0. The quantitative estimate of drug-likeness (QED) is 0.412. The first-order valence-electron chi connectivity index (χ1n) is 2.80. The van der Waals surface area contributed by atoms with Gasteiger partial charge in [-0.15, -0.1) is 0 Å². The summed E-state index contributed by atoms with van der Waals surface area (Å²) in [5.74, 6) is 5.24. The van der Waals surface area contributed by atoms with Gasteiger partial charge < -0.3 is 11.6 Å². The molecule has 4 N–H and O–H groups in total. The first kappa shape index (κ1) is 8.71. The standard InChI is InChI=1S/C5H6N2O.CH5N/c6-7-3-1-2-5(7)4-8;1-2/h1-4H,6H2;2H2,1H3. The van der Waals surface area contributed by atoms with Gasteiger partial charge in [0.05, 0.1) is 0 Å². The zero-order chi connectivity index (χ0) is 7.98. The van der Waals surface area contributed by atoms with Crippen LogP contribution >= 0.6 is 0 Å². The number of hydrogen-bond donors (Lipinski definition) is 2. The number of rotatable bonds is 1. The summed E-state index contributed by atoms with van der Waals surface area (Å²) in [6.07, 6.45) is 2.32. The van der Waals surface area contributed by atoms with Crippen molar-refractivity contribution in [1.82, 2.24) is 4.68 Å². The minimum absolute atomic E-state index is 0.491. The van der Waals surface area contributed by atoms with Crippen molar-refractivity contribution in [2.75, 3.05) is 12.9 Å². The van der Waals surface area contributed by atoms with Crippen molar-refractivity contribution in [3.63, 3.8) is 0 Å². The van der Waals surface area contributed by atoms with E-state index < -0.39 is 0 Å². The van der Waals surface area contributed by atoms with E-state index in [4.69, 9.17) is 5.84 Å². The van der Waals surface area contributed by atoms with Crippen LogP contribution < -0.4 is 11.6 Å². The lowest BCUT2D eigenvalue weighted by Crippen LogP contribution is -2.09. The number of carbonyl (C=O) groups is 1. The van der Waals surface area contributed by atoms with E-state index in [0.717, 1.165) is 0 Å². The Balaban J connectivity index is 0.000000371. The number of nitrogens with zero attached hydrogens (tertiary/aromatic N) is 1. The van der Waals surface area contributed by atoms with Crippen LogP contribution in [0.2, 0.25) is 0 Å². The molecule has 56 valence electrons. The molecule has 1 aromatic heterocycles. The maximum absolute atomic E-state index is 9.99. The molecule has 0 fully saturated rings. The molecule has 1 heterocycles. The maximum atomic E-state index is 9.99. The van der Waals surface area contributed by atoms with Crippen LogP contribution in [0.25, 0.3) is 0 Å². The Morgan fingerprint density at radius 3 is 2.40 bits per heavy atom. The van der Waals surface area contributed by atoms with Gasteiger partial charge in [0.2, 0.25) is 0 Å².